The van der Waals surface area contributed by atoms with Gasteiger partial charge in [0.15, 0.2) is 0 Å². The third-order valence-corrected chi connectivity index (χ3v) is 15.9. The highest BCUT2D eigenvalue weighted by atomic mass is 14.7. The third kappa shape index (κ3) is 7.23. The molecule has 0 nitrogen and oxygen atoms in total. The number of rotatable bonds is 8. The van der Waals surface area contributed by atoms with Crippen molar-refractivity contribution < 1.29 is 0 Å². The van der Waals surface area contributed by atoms with Gasteiger partial charge in [-0.3, -0.25) is 0 Å². The van der Waals surface area contributed by atoms with E-state index in [0.717, 1.165) is 35.5 Å². The molecule has 0 radical (unpaired) electrons. The average molecular weight is 705 g/mol. The van der Waals surface area contributed by atoms with Crippen molar-refractivity contribution in [2.75, 3.05) is 0 Å². The molecule has 0 spiro atoms. The molecule has 53 heavy (non-hydrogen) atoms. The SMILES string of the molecule is CC(C)(C)C1CC2C3CC(C(C)(C)C)C(c4ccccc4)CC3C(C(Cc3ccccc3)(Cc3ccccc3)C3CCCC3)C2CC1c1ccccc1. The molecule has 0 heteroatoms. The first kappa shape index (κ1) is 36.8. The van der Waals surface area contributed by atoms with Crippen LogP contribution in [0.5, 0.6) is 0 Å². The predicted octanol–water partition coefficient (Wildman–Crippen LogP) is 14.2. The Balaban J connectivity index is 1.33. The largest absolute Gasteiger partial charge is 0.0622 e. The Kier molecular flexibility index (Phi) is 10.3. The summed E-state index contributed by atoms with van der Waals surface area (Å²) < 4.78 is 0. The molecule has 4 aromatic carbocycles. The lowest BCUT2D eigenvalue weighted by atomic mass is 9.51. The first-order valence-electron chi connectivity index (χ1n) is 21.7. The second-order valence-electron chi connectivity index (χ2n) is 20.6. The third-order valence-electron chi connectivity index (χ3n) is 15.9. The highest BCUT2D eigenvalue weighted by Crippen LogP contribution is 2.71. The Morgan fingerprint density at radius 3 is 1.15 bits per heavy atom. The summed E-state index contributed by atoms with van der Waals surface area (Å²) in [5.74, 6) is 7.29. The van der Waals surface area contributed by atoms with Crippen LogP contribution in [0.2, 0.25) is 0 Å². The Hall–Kier alpha value is -3.12. The van der Waals surface area contributed by atoms with Crippen LogP contribution < -0.4 is 0 Å². The molecule has 0 aromatic heterocycles. The van der Waals surface area contributed by atoms with Crippen LogP contribution in [0.4, 0.5) is 0 Å². The van der Waals surface area contributed by atoms with Gasteiger partial charge in [-0.15, -0.1) is 0 Å². The van der Waals surface area contributed by atoms with E-state index in [0.29, 0.717) is 23.7 Å². The van der Waals surface area contributed by atoms with Gasteiger partial charge < -0.3 is 0 Å². The summed E-state index contributed by atoms with van der Waals surface area (Å²) in [7, 11) is 0. The molecule has 0 saturated heterocycles. The van der Waals surface area contributed by atoms with Crippen molar-refractivity contribution in [3.63, 3.8) is 0 Å². The van der Waals surface area contributed by atoms with E-state index in [1.165, 1.54) is 64.2 Å². The molecule has 0 aliphatic heterocycles. The van der Waals surface area contributed by atoms with E-state index in [1.54, 1.807) is 22.3 Å². The highest BCUT2D eigenvalue weighted by Gasteiger charge is 2.64. The van der Waals surface area contributed by atoms with E-state index in [4.69, 9.17) is 0 Å². The summed E-state index contributed by atoms with van der Waals surface area (Å²) in [5, 5.41) is 0. The predicted molar refractivity (Wildman–Crippen MR) is 225 cm³/mol. The zero-order valence-corrected chi connectivity index (χ0v) is 33.9. The zero-order valence-electron chi connectivity index (χ0n) is 33.9. The first-order chi connectivity index (χ1) is 25.5. The van der Waals surface area contributed by atoms with Gasteiger partial charge in [-0.05, 0) is 149 Å². The van der Waals surface area contributed by atoms with Crippen LogP contribution in [0.1, 0.15) is 127 Å². The Morgan fingerprint density at radius 2 is 0.792 bits per heavy atom. The maximum Gasteiger partial charge on any atom is -0.0126 e. The van der Waals surface area contributed by atoms with E-state index >= 15 is 0 Å². The van der Waals surface area contributed by atoms with Crippen molar-refractivity contribution in [1.29, 1.82) is 0 Å². The number of fused-ring (bicyclic) bond motifs is 3. The molecule has 8 atom stereocenters. The van der Waals surface area contributed by atoms with Gasteiger partial charge in [0, 0.05) is 0 Å². The maximum atomic E-state index is 2.57. The van der Waals surface area contributed by atoms with Crippen LogP contribution in [0.25, 0.3) is 0 Å². The van der Waals surface area contributed by atoms with Gasteiger partial charge in [0.05, 0.1) is 0 Å². The van der Waals surface area contributed by atoms with Gasteiger partial charge in [0.2, 0.25) is 0 Å². The van der Waals surface area contributed by atoms with Gasteiger partial charge in [-0.1, -0.05) is 176 Å². The van der Waals surface area contributed by atoms with E-state index in [-0.39, 0.29) is 16.2 Å². The van der Waals surface area contributed by atoms with E-state index < -0.39 is 0 Å². The molecule has 4 aromatic rings. The lowest BCUT2D eigenvalue weighted by Crippen LogP contribution is -2.48. The lowest BCUT2D eigenvalue weighted by molar-refractivity contribution is -0.0213. The van der Waals surface area contributed by atoms with Crippen molar-refractivity contribution in [3.8, 4) is 0 Å². The van der Waals surface area contributed by atoms with Crippen LogP contribution in [0, 0.1) is 63.6 Å². The topological polar surface area (TPSA) is 0 Å². The quantitative estimate of drug-likeness (QED) is 0.171. The fourth-order valence-corrected chi connectivity index (χ4v) is 13.9. The molecule has 280 valence electrons. The van der Waals surface area contributed by atoms with E-state index in [2.05, 4.69) is 163 Å². The van der Waals surface area contributed by atoms with Crippen LogP contribution in [0.3, 0.4) is 0 Å². The molecule has 8 unspecified atom stereocenters. The minimum absolute atomic E-state index is 0.243. The minimum atomic E-state index is 0.243. The van der Waals surface area contributed by atoms with Crippen molar-refractivity contribution >= 4 is 0 Å². The molecule has 0 bridgehead atoms. The van der Waals surface area contributed by atoms with Crippen molar-refractivity contribution in [2.24, 2.45) is 63.6 Å². The fraction of sp³-hybridized carbons (Fsp3) is 0.547. The average Bonchev–Trinajstić information content (AvgIpc) is 3.82. The molecule has 4 aliphatic carbocycles. The molecular formula is C53H68. The highest BCUT2D eigenvalue weighted by molar-refractivity contribution is 5.29. The van der Waals surface area contributed by atoms with Gasteiger partial charge in [0.1, 0.15) is 0 Å². The lowest BCUT2D eigenvalue weighted by Gasteiger charge is -2.54. The van der Waals surface area contributed by atoms with Crippen LogP contribution in [0.15, 0.2) is 121 Å². The maximum absolute atomic E-state index is 2.57. The summed E-state index contributed by atoms with van der Waals surface area (Å²) in [5.41, 5.74) is 7.15. The standard InChI is InChI=1S/C53H68/c1-51(2,3)48-33-44-45-34-49(52(4,5)6)43(40-27-17-10-18-28-40)32-47(45)50(46(44)31-42(48)39-25-15-9-16-26-39)53(41-29-19-20-30-41,35-37-21-11-7-12-22-37)36-38-23-13-8-14-24-38/h7-18,21-28,41-50H,19-20,29-36H2,1-6H3. The summed E-state index contributed by atoms with van der Waals surface area (Å²) in [6, 6.07) is 47.3. The molecular weight excluding hydrogens is 637 g/mol. The summed E-state index contributed by atoms with van der Waals surface area (Å²) >= 11 is 0. The Morgan fingerprint density at radius 1 is 0.434 bits per heavy atom. The monoisotopic (exact) mass is 705 g/mol. The van der Waals surface area contributed by atoms with Crippen molar-refractivity contribution in [1.82, 2.24) is 0 Å². The molecule has 4 fully saturated rings. The molecule has 8 rings (SSSR count). The van der Waals surface area contributed by atoms with Crippen molar-refractivity contribution in [3.05, 3.63) is 144 Å². The Bertz CT molecular complexity index is 1610. The molecule has 0 amide bonds. The second kappa shape index (κ2) is 14.8. The van der Waals surface area contributed by atoms with Crippen LogP contribution in [-0.2, 0) is 12.8 Å². The zero-order chi connectivity index (χ0) is 36.8. The second-order valence-corrected chi connectivity index (χ2v) is 20.6. The normalized spacial score (nSPS) is 30.9. The summed E-state index contributed by atoms with van der Waals surface area (Å²) in [6.45, 7) is 15.4. The summed E-state index contributed by atoms with van der Waals surface area (Å²) in [4.78, 5) is 0. The number of hydrogen-bond donors (Lipinski definition) is 0. The fourth-order valence-electron chi connectivity index (χ4n) is 13.9. The number of hydrogen-bond acceptors (Lipinski definition) is 0. The van der Waals surface area contributed by atoms with Gasteiger partial charge in [0.25, 0.3) is 0 Å². The molecule has 4 saturated carbocycles. The minimum Gasteiger partial charge on any atom is -0.0622 e. The van der Waals surface area contributed by atoms with Gasteiger partial charge in [-0.2, -0.15) is 0 Å². The van der Waals surface area contributed by atoms with Gasteiger partial charge >= 0.3 is 0 Å². The molecule has 4 aliphatic rings. The number of benzene rings is 4. The molecule has 0 N–H and O–H groups in total. The van der Waals surface area contributed by atoms with Crippen LogP contribution >= 0.6 is 0 Å². The smallest absolute Gasteiger partial charge is 0.0126 e. The molecule has 0 heterocycles. The van der Waals surface area contributed by atoms with Crippen molar-refractivity contribution in [2.45, 2.75) is 118 Å². The van der Waals surface area contributed by atoms with E-state index in [9.17, 15) is 0 Å². The summed E-state index contributed by atoms with van der Waals surface area (Å²) in [6.07, 6.45) is 13.6. The van der Waals surface area contributed by atoms with Gasteiger partial charge in [-0.25, -0.2) is 0 Å². The van der Waals surface area contributed by atoms with Crippen LogP contribution in [-0.4, -0.2) is 0 Å². The van der Waals surface area contributed by atoms with E-state index in [1.807, 2.05) is 0 Å². The Labute approximate surface area is 323 Å². The first-order valence-corrected chi connectivity index (χ1v) is 21.7.